The molecule has 0 radical (unpaired) electrons. The molecule has 0 aliphatic rings. The zero-order chi connectivity index (χ0) is 18.4. The first-order valence-corrected chi connectivity index (χ1v) is 9.11. The van der Waals surface area contributed by atoms with Gasteiger partial charge in [0.25, 0.3) is 5.91 Å². The fourth-order valence-electron chi connectivity index (χ4n) is 2.30. The average molecular weight is 374 g/mol. The molecule has 2 aromatic carbocycles. The number of nitrogens with zero attached hydrogens (tertiary/aromatic N) is 1. The van der Waals surface area contributed by atoms with Crippen molar-refractivity contribution < 1.29 is 18.1 Å². The topological polar surface area (TPSA) is 55.1 Å². The van der Waals surface area contributed by atoms with Crippen LogP contribution in [0.4, 0.5) is 8.78 Å². The largest absolute Gasteiger partial charge is 0.355 e. The summed E-state index contributed by atoms with van der Waals surface area (Å²) in [5.41, 5.74) is 0.969. The quantitative estimate of drug-likeness (QED) is 0.627. The van der Waals surface area contributed by atoms with Gasteiger partial charge >= 0.3 is 0 Å². The second-order valence-electron chi connectivity index (χ2n) is 5.46. The molecule has 1 aromatic heterocycles. The molecule has 0 saturated heterocycles. The third kappa shape index (κ3) is 4.49. The highest BCUT2D eigenvalue weighted by Crippen LogP contribution is 2.23. The SMILES string of the molecule is O=C(NCCSCc1ccccc1F)c1cc(-c2ccccc2F)on1. The second-order valence-corrected chi connectivity index (χ2v) is 6.56. The van der Waals surface area contributed by atoms with Gasteiger partial charge in [-0.15, -0.1) is 0 Å². The van der Waals surface area contributed by atoms with E-state index >= 15 is 0 Å². The van der Waals surface area contributed by atoms with Crippen molar-refractivity contribution in [3.63, 3.8) is 0 Å². The molecule has 0 fully saturated rings. The lowest BCUT2D eigenvalue weighted by Crippen LogP contribution is -2.26. The Morgan fingerprint density at radius 3 is 2.58 bits per heavy atom. The molecule has 0 saturated carbocycles. The van der Waals surface area contributed by atoms with E-state index in [0.29, 0.717) is 23.6 Å². The van der Waals surface area contributed by atoms with Crippen molar-refractivity contribution in [1.29, 1.82) is 0 Å². The monoisotopic (exact) mass is 374 g/mol. The van der Waals surface area contributed by atoms with E-state index in [-0.39, 0.29) is 22.8 Å². The standard InChI is InChI=1S/C19H16F2N2O2S/c20-15-7-3-1-5-13(15)12-26-10-9-22-19(24)17-11-18(25-23-17)14-6-2-4-8-16(14)21/h1-8,11H,9-10,12H2,(H,22,24). The lowest BCUT2D eigenvalue weighted by atomic mass is 10.1. The predicted molar refractivity (Wildman–Crippen MR) is 96.8 cm³/mol. The predicted octanol–water partition coefficient (Wildman–Crippen LogP) is 4.28. The molecule has 1 amide bonds. The molecule has 3 rings (SSSR count). The summed E-state index contributed by atoms with van der Waals surface area (Å²) in [6.45, 7) is 0.403. The lowest BCUT2D eigenvalue weighted by Gasteiger charge is -2.04. The van der Waals surface area contributed by atoms with E-state index in [1.807, 2.05) is 0 Å². The van der Waals surface area contributed by atoms with Gasteiger partial charge in [0.2, 0.25) is 0 Å². The molecule has 26 heavy (non-hydrogen) atoms. The number of aromatic nitrogens is 1. The zero-order valence-corrected chi connectivity index (χ0v) is 14.6. The summed E-state index contributed by atoms with van der Waals surface area (Å²) in [4.78, 5) is 12.1. The Labute approximate surface area is 153 Å². The lowest BCUT2D eigenvalue weighted by molar-refractivity contribution is 0.0947. The summed E-state index contributed by atoms with van der Waals surface area (Å²) < 4.78 is 32.3. The molecule has 134 valence electrons. The van der Waals surface area contributed by atoms with Crippen LogP contribution in [0.3, 0.4) is 0 Å². The normalized spacial score (nSPS) is 10.7. The van der Waals surface area contributed by atoms with Crippen LogP contribution in [0, 0.1) is 11.6 Å². The number of benzene rings is 2. The van der Waals surface area contributed by atoms with E-state index in [1.165, 1.54) is 30.0 Å². The molecule has 1 N–H and O–H groups in total. The summed E-state index contributed by atoms with van der Waals surface area (Å²) in [6, 6.07) is 14.1. The van der Waals surface area contributed by atoms with Crippen molar-refractivity contribution in [2.24, 2.45) is 0 Å². The number of halogens is 2. The summed E-state index contributed by atoms with van der Waals surface area (Å²) >= 11 is 1.51. The first kappa shape index (κ1) is 18.1. The molecule has 4 nitrogen and oxygen atoms in total. The van der Waals surface area contributed by atoms with Crippen LogP contribution in [0.5, 0.6) is 0 Å². The van der Waals surface area contributed by atoms with Crippen LogP contribution in [0.25, 0.3) is 11.3 Å². The van der Waals surface area contributed by atoms with Gasteiger partial charge in [-0.1, -0.05) is 35.5 Å². The third-order valence-corrected chi connectivity index (χ3v) is 4.64. The number of carbonyl (C=O) groups excluding carboxylic acids is 1. The zero-order valence-electron chi connectivity index (χ0n) is 13.7. The molecule has 0 aliphatic heterocycles. The average Bonchev–Trinajstić information content (AvgIpc) is 3.13. The number of hydrogen-bond donors (Lipinski definition) is 1. The Morgan fingerprint density at radius 2 is 1.81 bits per heavy atom. The van der Waals surface area contributed by atoms with Gasteiger partial charge in [0, 0.05) is 24.1 Å². The number of carbonyl (C=O) groups is 1. The Balaban J connectivity index is 1.47. The van der Waals surface area contributed by atoms with E-state index < -0.39 is 11.7 Å². The molecule has 1 heterocycles. The number of amides is 1. The molecule has 0 unspecified atom stereocenters. The van der Waals surface area contributed by atoms with Gasteiger partial charge in [-0.25, -0.2) is 8.78 Å². The molecule has 7 heteroatoms. The van der Waals surface area contributed by atoms with Crippen LogP contribution in [0.15, 0.2) is 59.1 Å². The van der Waals surface area contributed by atoms with Crippen LogP contribution in [-0.2, 0) is 5.75 Å². The van der Waals surface area contributed by atoms with Crippen molar-refractivity contribution in [2.45, 2.75) is 5.75 Å². The van der Waals surface area contributed by atoms with Gasteiger partial charge in [-0.05, 0) is 23.8 Å². The van der Waals surface area contributed by atoms with Crippen LogP contribution >= 0.6 is 11.8 Å². The van der Waals surface area contributed by atoms with Gasteiger partial charge in [0.1, 0.15) is 11.6 Å². The van der Waals surface area contributed by atoms with Crippen molar-refractivity contribution in [1.82, 2.24) is 10.5 Å². The smallest absolute Gasteiger partial charge is 0.273 e. The molecular weight excluding hydrogens is 358 g/mol. The van der Waals surface area contributed by atoms with Gasteiger partial charge < -0.3 is 9.84 Å². The second kappa shape index (κ2) is 8.62. The first-order valence-electron chi connectivity index (χ1n) is 7.96. The summed E-state index contributed by atoms with van der Waals surface area (Å²) in [5.74, 6) is 0.277. The van der Waals surface area contributed by atoms with Crippen LogP contribution in [-0.4, -0.2) is 23.4 Å². The fourth-order valence-corrected chi connectivity index (χ4v) is 3.14. The minimum Gasteiger partial charge on any atom is -0.355 e. The summed E-state index contributed by atoms with van der Waals surface area (Å²) in [5, 5.41) is 6.39. The summed E-state index contributed by atoms with van der Waals surface area (Å²) in [6.07, 6.45) is 0. The van der Waals surface area contributed by atoms with Crippen molar-refractivity contribution in [3.05, 3.63) is 77.5 Å². The highest BCUT2D eigenvalue weighted by molar-refractivity contribution is 7.98. The first-order chi connectivity index (χ1) is 12.6. The molecular formula is C19H16F2N2O2S. The summed E-state index contributed by atoms with van der Waals surface area (Å²) in [7, 11) is 0. The van der Waals surface area contributed by atoms with Crippen LogP contribution in [0.1, 0.15) is 16.1 Å². The Hall–Kier alpha value is -2.67. The maximum Gasteiger partial charge on any atom is 0.273 e. The minimum atomic E-state index is -0.444. The van der Waals surface area contributed by atoms with Crippen LogP contribution in [0.2, 0.25) is 0 Å². The number of rotatable bonds is 7. The number of nitrogens with one attached hydrogen (secondary N) is 1. The Bertz CT molecular complexity index is 899. The van der Waals surface area contributed by atoms with E-state index in [2.05, 4.69) is 10.5 Å². The van der Waals surface area contributed by atoms with Gasteiger partial charge in [0.05, 0.1) is 5.56 Å². The number of thioether (sulfide) groups is 1. The maximum absolute atomic E-state index is 13.7. The van der Waals surface area contributed by atoms with Crippen molar-refractivity contribution in [2.75, 3.05) is 12.3 Å². The van der Waals surface area contributed by atoms with Crippen molar-refractivity contribution in [3.8, 4) is 11.3 Å². The van der Waals surface area contributed by atoms with Gasteiger partial charge in [-0.2, -0.15) is 11.8 Å². The molecule has 3 aromatic rings. The third-order valence-electron chi connectivity index (χ3n) is 3.63. The van der Waals surface area contributed by atoms with E-state index in [0.717, 1.165) is 0 Å². The fraction of sp³-hybridized carbons (Fsp3) is 0.158. The van der Waals surface area contributed by atoms with Gasteiger partial charge in [0.15, 0.2) is 11.5 Å². The highest BCUT2D eigenvalue weighted by Gasteiger charge is 2.15. The molecule has 0 spiro atoms. The highest BCUT2D eigenvalue weighted by atomic mass is 32.2. The van der Waals surface area contributed by atoms with E-state index in [9.17, 15) is 13.6 Å². The number of hydrogen-bond acceptors (Lipinski definition) is 4. The van der Waals surface area contributed by atoms with Crippen LogP contribution < -0.4 is 5.32 Å². The minimum absolute atomic E-state index is 0.0855. The van der Waals surface area contributed by atoms with E-state index in [4.69, 9.17) is 4.52 Å². The maximum atomic E-state index is 13.7. The molecule has 0 aliphatic carbocycles. The Morgan fingerprint density at radius 1 is 1.08 bits per heavy atom. The van der Waals surface area contributed by atoms with Crippen molar-refractivity contribution >= 4 is 17.7 Å². The van der Waals surface area contributed by atoms with Gasteiger partial charge in [-0.3, -0.25) is 4.79 Å². The molecule has 0 atom stereocenters. The van der Waals surface area contributed by atoms with E-state index in [1.54, 1.807) is 36.4 Å². The Kier molecular flexibility index (Phi) is 6.01. The molecule has 0 bridgehead atoms.